The number of halogens is 1. The zero-order valence-corrected chi connectivity index (χ0v) is 15.3. The van der Waals surface area contributed by atoms with Crippen molar-refractivity contribution in [2.45, 2.75) is 32.9 Å². The largest absolute Gasteiger partial charge is 0.357 e. The third-order valence-corrected chi connectivity index (χ3v) is 3.21. The average Bonchev–Trinajstić information content (AvgIpc) is 2.29. The number of rotatable bonds is 4. The van der Waals surface area contributed by atoms with Crippen LogP contribution in [0, 0.1) is 0 Å². The molecule has 1 rings (SSSR count). The Hall–Kier alpha value is -0.0800. The van der Waals surface area contributed by atoms with Gasteiger partial charge in [-0.3, -0.25) is 9.89 Å². The lowest BCUT2D eigenvalue weighted by Gasteiger charge is -2.37. The normalized spacial score (nSPS) is 22.2. The van der Waals surface area contributed by atoms with Gasteiger partial charge in [0, 0.05) is 38.3 Å². The molecule has 1 aliphatic rings. The molecule has 0 saturated carbocycles. The number of hydrogen-bond acceptors (Lipinski definition) is 3. The Balaban J connectivity index is 0.00000324. The van der Waals surface area contributed by atoms with Crippen molar-refractivity contribution in [1.29, 1.82) is 0 Å². The Kier molecular flexibility index (Phi) is 9.72. The van der Waals surface area contributed by atoms with Crippen molar-refractivity contribution >= 4 is 29.9 Å². The van der Waals surface area contributed by atoms with E-state index in [2.05, 4.69) is 60.3 Å². The highest BCUT2D eigenvalue weighted by molar-refractivity contribution is 14.0. The Morgan fingerprint density at radius 2 is 2.00 bits per heavy atom. The van der Waals surface area contributed by atoms with E-state index in [1.807, 2.05) is 0 Å². The van der Waals surface area contributed by atoms with E-state index < -0.39 is 0 Å². The van der Waals surface area contributed by atoms with Crippen LogP contribution in [0.2, 0.25) is 0 Å². The summed E-state index contributed by atoms with van der Waals surface area (Å²) in [5.41, 5.74) is 0. The fraction of sp³-hybridized carbons (Fsp3) is 0.923. The minimum atomic E-state index is 0. The molecule has 1 saturated heterocycles. The van der Waals surface area contributed by atoms with Crippen molar-refractivity contribution in [3.05, 3.63) is 0 Å². The SMILES string of the molecule is CCNC(=NCC1CN(C)CCN1C)NC(C)C.I. The van der Waals surface area contributed by atoms with Gasteiger partial charge in [0.25, 0.3) is 0 Å². The number of aliphatic imine (C=N–C) groups is 1. The maximum Gasteiger partial charge on any atom is 0.191 e. The second-order valence-corrected chi connectivity index (χ2v) is 5.42. The summed E-state index contributed by atoms with van der Waals surface area (Å²) in [6.45, 7) is 11.5. The average molecular weight is 383 g/mol. The van der Waals surface area contributed by atoms with Gasteiger partial charge in [-0.1, -0.05) is 0 Å². The van der Waals surface area contributed by atoms with Gasteiger partial charge in [0.15, 0.2) is 5.96 Å². The molecule has 114 valence electrons. The first kappa shape index (κ1) is 18.9. The molecule has 0 amide bonds. The van der Waals surface area contributed by atoms with Gasteiger partial charge in [0.05, 0.1) is 6.54 Å². The Morgan fingerprint density at radius 3 is 2.58 bits per heavy atom. The van der Waals surface area contributed by atoms with Gasteiger partial charge in [-0.2, -0.15) is 0 Å². The highest BCUT2D eigenvalue weighted by Gasteiger charge is 2.21. The van der Waals surface area contributed by atoms with Gasteiger partial charge in [0.1, 0.15) is 0 Å². The number of guanidine groups is 1. The summed E-state index contributed by atoms with van der Waals surface area (Å²) in [5.74, 6) is 0.925. The molecule has 1 unspecified atom stereocenters. The Morgan fingerprint density at radius 1 is 1.32 bits per heavy atom. The summed E-state index contributed by atoms with van der Waals surface area (Å²) < 4.78 is 0. The fourth-order valence-electron chi connectivity index (χ4n) is 2.09. The maximum atomic E-state index is 4.69. The molecular formula is C13H30IN5. The zero-order chi connectivity index (χ0) is 13.5. The molecule has 0 radical (unpaired) electrons. The first-order valence-electron chi connectivity index (χ1n) is 6.96. The summed E-state index contributed by atoms with van der Waals surface area (Å²) in [7, 11) is 4.37. The number of nitrogens with zero attached hydrogens (tertiary/aromatic N) is 3. The smallest absolute Gasteiger partial charge is 0.191 e. The number of nitrogens with one attached hydrogen (secondary N) is 2. The van der Waals surface area contributed by atoms with Crippen LogP contribution in [0.5, 0.6) is 0 Å². The number of hydrogen-bond donors (Lipinski definition) is 2. The van der Waals surface area contributed by atoms with E-state index in [0.717, 1.165) is 38.7 Å². The molecule has 19 heavy (non-hydrogen) atoms. The fourth-order valence-corrected chi connectivity index (χ4v) is 2.09. The third kappa shape index (κ3) is 7.31. The number of piperazine rings is 1. The van der Waals surface area contributed by atoms with Crippen molar-refractivity contribution in [3.63, 3.8) is 0 Å². The van der Waals surface area contributed by atoms with E-state index in [1.54, 1.807) is 0 Å². The first-order chi connectivity index (χ1) is 8.52. The highest BCUT2D eigenvalue weighted by Crippen LogP contribution is 2.05. The van der Waals surface area contributed by atoms with E-state index in [-0.39, 0.29) is 24.0 Å². The molecule has 1 aliphatic heterocycles. The molecule has 0 aromatic carbocycles. The van der Waals surface area contributed by atoms with Crippen LogP contribution in [0.1, 0.15) is 20.8 Å². The predicted molar refractivity (Wildman–Crippen MR) is 93.6 cm³/mol. The molecule has 0 aromatic rings. The molecule has 6 heteroatoms. The zero-order valence-electron chi connectivity index (χ0n) is 12.9. The standard InChI is InChI=1S/C13H29N5.HI/c1-6-14-13(16-11(2)3)15-9-12-10-17(4)7-8-18(12)5;/h11-12H,6-10H2,1-5H3,(H2,14,15,16);1H. The van der Waals surface area contributed by atoms with Crippen LogP contribution < -0.4 is 10.6 Å². The molecule has 0 aromatic heterocycles. The first-order valence-corrected chi connectivity index (χ1v) is 6.96. The van der Waals surface area contributed by atoms with Crippen LogP contribution in [0.4, 0.5) is 0 Å². The minimum Gasteiger partial charge on any atom is -0.357 e. The topological polar surface area (TPSA) is 42.9 Å². The monoisotopic (exact) mass is 383 g/mol. The van der Waals surface area contributed by atoms with Crippen LogP contribution in [0.15, 0.2) is 4.99 Å². The second-order valence-electron chi connectivity index (χ2n) is 5.42. The van der Waals surface area contributed by atoms with Crippen LogP contribution >= 0.6 is 24.0 Å². The lowest BCUT2D eigenvalue weighted by Crippen LogP contribution is -2.51. The van der Waals surface area contributed by atoms with Gasteiger partial charge in [-0.15, -0.1) is 24.0 Å². The molecular weight excluding hydrogens is 353 g/mol. The van der Waals surface area contributed by atoms with Crippen LogP contribution in [0.25, 0.3) is 0 Å². The summed E-state index contributed by atoms with van der Waals surface area (Å²) in [5, 5.41) is 6.64. The van der Waals surface area contributed by atoms with E-state index >= 15 is 0 Å². The van der Waals surface area contributed by atoms with E-state index in [4.69, 9.17) is 0 Å². The lowest BCUT2D eigenvalue weighted by molar-refractivity contribution is 0.119. The summed E-state index contributed by atoms with van der Waals surface area (Å²) in [4.78, 5) is 9.47. The predicted octanol–water partition coefficient (Wildman–Crippen LogP) is 0.814. The van der Waals surface area contributed by atoms with Gasteiger partial charge in [-0.25, -0.2) is 0 Å². The van der Waals surface area contributed by atoms with Crippen molar-refractivity contribution in [2.24, 2.45) is 4.99 Å². The van der Waals surface area contributed by atoms with E-state index in [1.165, 1.54) is 0 Å². The molecule has 2 N–H and O–H groups in total. The molecule has 1 atom stereocenters. The third-order valence-electron chi connectivity index (χ3n) is 3.21. The molecule has 5 nitrogen and oxygen atoms in total. The molecule has 1 heterocycles. The number of likely N-dealkylation sites (N-methyl/N-ethyl adjacent to an activating group) is 2. The van der Waals surface area contributed by atoms with Gasteiger partial charge < -0.3 is 15.5 Å². The molecule has 0 spiro atoms. The lowest BCUT2D eigenvalue weighted by atomic mass is 10.2. The molecule has 1 fully saturated rings. The highest BCUT2D eigenvalue weighted by atomic mass is 127. The Labute approximate surface area is 135 Å². The van der Waals surface area contributed by atoms with Crippen LogP contribution in [0.3, 0.4) is 0 Å². The van der Waals surface area contributed by atoms with Crippen molar-refractivity contribution < 1.29 is 0 Å². The molecule has 0 aliphatic carbocycles. The summed E-state index contributed by atoms with van der Waals surface area (Å²) in [6, 6.07) is 0.931. The van der Waals surface area contributed by atoms with Crippen LogP contribution in [-0.2, 0) is 0 Å². The van der Waals surface area contributed by atoms with Crippen molar-refractivity contribution in [1.82, 2.24) is 20.4 Å². The van der Waals surface area contributed by atoms with E-state index in [9.17, 15) is 0 Å². The quantitative estimate of drug-likeness (QED) is 0.429. The Bertz CT molecular complexity index is 270. The molecule has 0 bridgehead atoms. The second kappa shape index (κ2) is 9.77. The van der Waals surface area contributed by atoms with Gasteiger partial charge in [0.2, 0.25) is 0 Å². The van der Waals surface area contributed by atoms with Crippen molar-refractivity contribution in [3.8, 4) is 0 Å². The minimum absolute atomic E-state index is 0. The summed E-state index contributed by atoms with van der Waals surface area (Å²) in [6.07, 6.45) is 0. The summed E-state index contributed by atoms with van der Waals surface area (Å²) >= 11 is 0. The van der Waals surface area contributed by atoms with Gasteiger partial charge >= 0.3 is 0 Å². The van der Waals surface area contributed by atoms with Crippen LogP contribution in [-0.4, -0.2) is 74.7 Å². The van der Waals surface area contributed by atoms with Gasteiger partial charge in [-0.05, 0) is 34.9 Å². The van der Waals surface area contributed by atoms with Crippen molar-refractivity contribution in [2.75, 3.05) is 46.8 Å². The maximum absolute atomic E-state index is 4.69. The van der Waals surface area contributed by atoms with E-state index in [0.29, 0.717) is 12.1 Å².